The maximum atomic E-state index is 12.2. The van der Waals surface area contributed by atoms with Crippen LogP contribution in [0.5, 0.6) is 5.88 Å². The first-order valence-corrected chi connectivity index (χ1v) is 8.99. The molecule has 0 aliphatic carbocycles. The van der Waals surface area contributed by atoms with Gasteiger partial charge in [0.05, 0.1) is 25.5 Å². The van der Waals surface area contributed by atoms with E-state index >= 15 is 0 Å². The van der Waals surface area contributed by atoms with Gasteiger partial charge in [0, 0.05) is 25.5 Å². The summed E-state index contributed by atoms with van der Waals surface area (Å²) in [5.41, 5.74) is 0.373. The van der Waals surface area contributed by atoms with E-state index in [2.05, 4.69) is 20.0 Å². The van der Waals surface area contributed by atoms with Crippen LogP contribution in [0.25, 0.3) is 0 Å². The molecule has 1 aliphatic heterocycles. The number of thiazole rings is 1. The molecule has 0 atom stereocenters. The number of nitrogens with zero attached hydrogens (tertiary/aromatic N) is 2. The van der Waals surface area contributed by atoms with Gasteiger partial charge in [0.2, 0.25) is 5.88 Å². The van der Waals surface area contributed by atoms with Gasteiger partial charge in [-0.2, -0.15) is 0 Å². The number of ether oxygens (including phenoxy) is 3. The second kappa shape index (κ2) is 8.72. The van der Waals surface area contributed by atoms with Crippen LogP contribution in [0.4, 0.5) is 5.13 Å². The Labute approximate surface area is 154 Å². The van der Waals surface area contributed by atoms with Crippen molar-refractivity contribution >= 4 is 28.3 Å². The van der Waals surface area contributed by atoms with Gasteiger partial charge < -0.3 is 14.2 Å². The molecule has 0 saturated carbocycles. The molecule has 1 fully saturated rings. The molecule has 0 aromatic carbocycles. The third kappa shape index (κ3) is 4.77. The average molecular weight is 377 g/mol. The molecule has 9 heteroatoms. The highest BCUT2D eigenvalue weighted by atomic mass is 32.1. The zero-order valence-electron chi connectivity index (χ0n) is 14.3. The Morgan fingerprint density at radius 3 is 2.77 bits per heavy atom. The average Bonchev–Trinajstić information content (AvgIpc) is 3.15. The smallest absolute Gasteiger partial charge is 0.349 e. The topological polar surface area (TPSA) is 99.6 Å². The second-order valence-electron chi connectivity index (χ2n) is 5.73. The number of rotatable bonds is 6. The van der Waals surface area contributed by atoms with Crippen LogP contribution in [0.1, 0.15) is 32.9 Å². The largest absolute Gasteiger partial charge is 0.477 e. The van der Waals surface area contributed by atoms with Gasteiger partial charge in [-0.05, 0) is 24.8 Å². The van der Waals surface area contributed by atoms with E-state index in [9.17, 15) is 9.59 Å². The lowest BCUT2D eigenvalue weighted by Crippen LogP contribution is -2.21. The summed E-state index contributed by atoms with van der Waals surface area (Å²) in [5, 5.41) is 2.94. The van der Waals surface area contributed by atoms with Crippen LogP contribution in [-0.4, -0.2) is 48.8 Å². The number of carbonyl (C=O) groups is 2. The number of carbonyl (C=O) groups excluding carboxylic acids is 2. The lowest BCUT2D eigenvalue weighted by Gasteiger charge is -2.21. The maximum Gasteiger partial charge on any atom is 0.349 e. The summed E-state index contributed by atoms with van der Waals surface area (Å²) >= 11 is 1.04. The van der Waals surface area contributed by atoms with E-state index in [1.165, 1.54) is 19.5 Å². The molecule has 0 radical (unpaired) electrons. The zero-order valence-corrected chi connectivity index (χ0v) is 15.1. The highest BCUT2D eigenvalue weighted by Crippen LogP contribution is 2.20. The molecule has 1 N–H and O–H groups in total. The minimum absolute atomic E-state index is 0.315. The lowest BCUT2D eigenvalue weighted by atomic mass is 10.0. The van der Waals surface area contributed by atoms with Crippen LogP contribution >= 0.6 is 11.3 Å². The standard InChI is InChI=1S/C17H19N3O5S/c1-23-16(22)13-9-19-17(26-13)20-15(21)12-2-3-14(18-8-12)25-10-11-4-6-24-7-5-11/h2-3,8-9,11H,4-7,10H2,1H3,(H,19,20,21). The van der Waals surface area contributed by atoms with Crippen molar-refractivity contribution in [3.05, 3.63) is 35.0 Å². The Kier molecular flexibility index (Phi) is 6.13. The fourth-order valence-corrected chi connectivity index (χ4v) is 3.14. The summed E-state index contributed by atoms with van der Waals surface area (Å²) in [6.07, 6.45) is 4.78. The molecule has 1 saturated heterocycles. The molecule has 0 unspecified atom stereocenters. The summed E-state index contributed by atoms with van der Waals surface area (Å²) in [5.74, 6) is 0.104. The number of nitrogens with one attached hydrogen (secondary N) is 1. The molecule has 0 spiro atoms. The number of amides is 1. The molecule has 2 aromatic rings. The third-order valence-electron chi connectivity index (χ3n) is 3.92. The van der Waals surface area contributed by atoms with Crippen molar-refractivity contribution in [3.63, 3.8) is 0 Å². The van der Waals surface area contributed by atoms with Gasteiger partial charge >= 0.3 is 5.97 Å². The van der Waals surface area contributed by atoms with Crippen molar-refractivity contribution in [2.75, 3.05) is 32.2 Å². The van der Waals surface area contributed by atoms with E-state index in [1.54, 1.807) is 12.1 Å². The van der Waals surface area contributed by atoms with Gasteiger partial charge in [-0.3, -0.25) is 10.1 Å². The second-order valence-corrected chi connectivity index (χ2v) is 6.76. The van der Waals surface area contributed by atoms with Crippen LogP contribution in [-0.2, 0) is 9.47 Å². The van der Waals surface area contributed by atoms with Crippen LogP contribution < -0.4 is 10.1 Å². The molecule has 1 amide bonds. The van der Waals surface area contributed by atoms with Crippen LogP contribution in [0.3, 0.4) is 0 Å². The Morgan fingerprint density at radius 1 is 1.27 bits per heavy atom. The van der Waals surface area contributed by atoms with Crippen molar-refractivity contribution < 1.29 is 23.8 Å². The number of methoxy groups -OCH3 is 1. The number of hydrogen-bond acceptors (Lipinski definition) is 8. The quantitative estimate of drug-likeness (QED) is 0.772. The van der Waals surface area contributed by atoms with E-state index in [-0.39, 0.29) is 5.91 Å². The van der Waals surface area contributed by atoms with E-state index in [0.717, 1.165) is 37.4 Å². The Morgan fingerprint density at radius 2 is 2.08 bits per heavy atom. The Hall–Kier alpha value is -2.52. The molecule has 8 nitrogen and oxygen atoms in total. The van der Waals surface area contributed by atoms with Gasteiger partial charge in [-0.15, -0.1) is 0 Å². The predicted octanol–water partition coefficient (Wildman–Crippen LogP) is 2.38. The Balaban J connectivity index is 1.53. The number of hydrogen-bond donors (Lipinski definition) is 1. The van der Waals surface area contributed by atoms with Crippen LogP contribution in [0.15, 0.2) is 24.5 Å². The molecule has 3 rings (SSSR count). The van der Waals surface area contributed by atoms with E-state index in [1.807, 2.05) is 0 Å². The summed E-state index contributed by atoms with van der Waals surface area (Å²) in [6.45, 7) is 2.14. The minimum Gasteiger partial charge on any atom is -0.477 e. The van der Waals surface area contributed by atoms with Gasteiger partial charge in [0.1, 0.15) is 4.88 Å². The molecular weight excluding hydrogens is 358 g/mol. The zero-order chi connectivity index (χ0) is 18.4. The summed E-state index contributed by atoms with van der Waals surface area (Å²) in [4.78, 5) is 32.1. The van der Waals surface area contributed by atoms with Gasteiger partial charge in [-0.1, -0.05) is 11.3 Å². The highest BCUT2D eigenvalue weighted by molar-refractivity contribution is 7.17. The maximum absolute atomic E-state index is 12.2. The minimum atomic E-state index is -0.490. The van der Waals surface area contributed by atoms with E-state index in [4.69, 9.17) is 9.47 Å². The van der Waals surface area contributed by atoms with Crippen molar-refractivity contribution in [3.8, 4) is 5.88 Å². The highest BCUT2D eigenvalue weighted by Gasteiger charge is 2.16. The molecule has 138 valence electrons. The molecule has 1 aliphatic rings. The monoisotopic (exact) mass is 377 g/mol. The van der Waals surface area contributed by atoms with Crippen molar-refractivity contribution in [2.45, 2.75) is 12.8 Å². The van der Waals surface area contributed by atoms with Gasteiger partial charge in [-0.25, -0.2) is 14.8 Å². The molecular formula is C17H19N3O5S. The van der Waals surface area contributed by atoms with Gasteiger partial charge in [0.15, 0.2) is 5.13 Å². The summed E-state index contributed by atoms with van der Waals surface area (Å²) in [7, 11) is 1.29. The SMILES string of the molecule is COC(=O)c1cnc(NC(=O)c2ccc(OCC3CCOCC3)nc2)s1. The predicted molar refractivity (Wildman–Crippen MR) is 94.7 cm³/mol. The van der Waals surface area contributed by atoms with E-state index < -0.39 is 5.97 Å². The number of esters is 1. The van der Waals surface area contributed by atoms with Gasteiger partial charge in [0.25, 0.3) is 5.91 Å². The molecule has 2 aromatic heterocycles. The first-order valence-electron chi connectivity index (χ1n) is 8.18. The van der Waals surface area contributed by atoms with Crippen LogP contribution in [0, 0.1) is 5.92 Å². The number of pyridine rings is 1. The lowest BCUT2D eigenvalue weighted by molar-refractivity contribution is 0.0490. The van der Waals surface area contributed by atoms with Crippen molar-refractivity contribution in [1.29, 1.82) is 0 Å². The number of anilines is 1. The first kappa shape index (κ1) is 18.3. The molecule has 26 heavy (non-hydrogen) atoms. The fourth-order valence-electron chi connectivity index (χ4n) is 2.41. The van der Waals surface area contributed by atoms with Crippen LogP contribution in [0.2, 0.25) is 0 Å². The Bertz CT molecular complexity index is 756. The first-order chi connectivity index (χ1) is 12.7. The van der Waals surface area contributed by atoms with Crippen molar-refractivity contribution in [1.82, 2.24) is 9.97 Å². The molecule has 3 heterocycles. The summed E-state index contributed by atoms with van der Waals surface area (Å²) < 4.78 is 15.6. The normalized spacial score (nSPS) is 14.7. The number of aromatic nitrogens is 2. The molecule has 0 bridgehead atoms. The van der Waals surface area contributed by atoms with E-state index in [0.29, 0.717) is 34.0 Å². The summed E-state index contributed by atoms with van der Waals surface area (Å²) in [6, 6.07) is 3.30. The fraction of sp³-hybridized carbons (Fsp3) is 0.412. The third-order valence-corrected chi connectivity index (χ3v) is 4.81. The van der Waals surface area contributed by atoms with Crippen molar-refractivity contribution in [2.24, 2.45) is 5.92 Å².